The van der Waals surface area contributed by atoms with E-state index in [2.05, 4.69) is 16.8 Å². The zero-order valence-electron chi connectivity index (χ0n) is 10.7. The Kier molecular flexibility index (Phi) is 4.54. The molecule has 1 unspecified atom stereocenters. The zero-order valence-corrected chi connectivity index (χ0v) is 11.5. The van der Waals surface area contributed by atoms with E-state index in [4.69, 9.17) is 9.47 Å². The Morgan fingerprint density at radius 1 is 1.72 bits per heavy atom. The summed E-state index contributed by atoms with van der Waals surface area (Å²) < 4.78 is 10.4. The number of hydrogen-bond acceptors (Lipinski definition) is 6. The number of carbonyl (C=O) groups excluding carboxylic acids is 1. The highest BCUT2D eigenvalue weighted by Crippen LogP contribution is 2.23. The van der Waals surface area contributed by atoms with E-state index in [9.17, 15) is 4.79 Å². The third-order valence-electron chi connectivity index (χ3n) is 2.68. The van der Waals surface area contributed by atoms with Crippen LogP contribution in [-0.2, 0) is 20.7 Å². The third kappa shape index (κ3) is 3.43. The first-order valence-corrected chi connectivity index (χ1v) is 7.03. The van der Waals surface area contributed by atoms with Gasteiger partial charge < -0.3 is 14.4 Å². The van der Waals surface area contributed by atoms with E-state index in [1.807, 2.05) is 5.38 Å². The minimum Gasteiger partial charge on any atom is -0.466 e. The highest BCUT2D eigenvalue weighted by Gasteiger charge is 2.19. The van der Waals surface area contributed by atoms with Gasteiger partial charge in [-0.05, 0) is 13.8 Å². The molecule has 18 heavy (non-hydrogen) atoms. The first kappa shape index (κ1) is 13.3. The summed E-state index contributed by atoms with van der Waals surface area (Å²) in [4.78, 5) is 18.0. The fourth-order valence-electron chi connectivity index (χ4n) is 1.87. The van der Waals surface area contributed by atoms with E-state index >= 15 is 0 Å². The second-order valence-electron chi connectivity index (χ2n) is 4.23. The maximum atomic E-state index is 11.4. The number of nitrogens with zero attached hydrogens (tertiary/aromatic N) is 2. The summed E-state index contributed by atoms with van der Waals surface area (Å²) in [7, 11) is 0. The van der Waals surface area contributed by atoms with Crippen LogP contribution in [0.3, 0.4) is 0 Å². The molecule has 0 N–H and O–H groups in total. The number of esters is 1. The molecule has 100 valence electrons. The molecular weight excluding hydrogens is 252 g/mol. The van der Waals surface area contributed by atoms with Crippen LogP contribution in [0.1, 0.15) is 19.5 Å². The summed E-state index contributed by atoms with van der Waals surface area (Å²) in [6.45, 7) is 6.71. The Bertz CT molecular complexity index is 408. The van der Waals surface area contributed by atoms with Crippen molar-refractivity contribution in [3.05, 3.63) is 11.1 Å². The van der Waals surface area contributed by atoms with E-state index in [-0.39, 0.29) is 18.5 Å². The van der Waals surface area contributed by atoms with Crippen molar-refractivity contribution >= 4 is 22.4 Å². The van der Waals surface area contributed by atoms with E-state index < -0.39 is 0 Å². The lowest BCUT2D eigenvalue weighted by atomic mass is 10.3. The van der Waals surface area contributed by atoms with E-state index in [1.54, 1.807) is 18.3 Å². The first-order chi connectivity index (χ1) is 8.69. The molecule has 0 spiro atoms. The molecule has 0 bridgehead atoms. The van der Waals surface area contributed by atoms with Crippen molar-refractivity contribution in [3.8, 4) is 0 Å². The number of ether oxygens (including phenoxy) is 2. The van der Waals surface area contributed by atoms with Gasteiger partial charge in [0, 0.05) is 18.5 Å². The number of morpholine rings is 1. The molecule has 1 aliphatic rings. The quantitative estimate of drug-likeness (QED) is 0.776. The second kappa shape index (κ2) is 6.15. The summed E-state index contributed by atoms with van der Waals surface area (Å²) in [5.41, 5.74) is 0.785. The standard InChI is InChI=1S/C12H18N2O3S/c1-3-16-11(15)6-10-8-18-12(13-10)14-4-5-17-9(2)7-14/h8-9H,3-7H2,1-2H3. The molecule has 0 amide bonds. The molecule has 6 heteroatoms. The van der Waals surface area contributed by atoms with E-state index in [0.717, 1.165) is 30.5 Å². The van der Waals surface area contributed by atoms with Crippen molar-refractivity contribution in [3.63, 3.8) is 0 Å². The fourth-order valence-corrected chi connectivity index (χ4v) is 2.74. The smallest absolute Gasteiger partial charge is 0.311 e. The van der Waals surface area contributed by atoms with Gasteiger partial charge in [-0.15, -0.1) is 11.3 Å². The topological polar surface area (TPSA) is 51.7 Å². The second-order valence-corrected chi connectivity index (χ2v) is 5.07. The molecule has 1 aromatic rings. The molecule has 0 radical (unpaired) electrons. The molecule has 1 fully saturated rings. The molecule has 0 aliphatic carbocycles. The zero-order chi connectivity index (χ0) is 13.0. The van der Waals surface area contributed by atoms with Gasteiger partial charge in [0.1, 0.15) is 0 Å². The molecule has 1 aromatic heterocycles. The van der Waals surface area contributed by atoms with Crippen LogP contribution in [0.25, 0.3) is 0 Å². The normalized spacial score (nSPS) is 19.9. The van der Waals surface area contributed by atoms with Gasteiger partial charge in [-0.3, -0.25) is 4.79 Å². The van der Waals surface area contributed by atoms with Gasteiger partial charge in [-0.1, -0.05) is 0 Å². The molecule has 1 saturated heterocycles. The minimum atomic E-state index is -0.218. The van der Waals surface area contributed by atoms with Gasteiger partial charge in [-0.25, -0.2) is 4.98 Å². The van der Waals surface area contributed by atoms with Gasteiger partial charge in [0.2, 0.25) is 0 Å². The Labute approximate surface area is 111 Å². The summed E-state index contributed by atoms with van der Waals surface area (Å²) in [5, 5.41) is 2.89. The summed E-state index contributed by atoms with van der Waals surface area (Å²) >= 11 is 1.57. The number of hydrogen-bond donors (Lipinski definition) is 0. The largest absolute Gasteiger partial charge is 0.466 e. The van der Waals surface area contributed by atoms with Crippen LogP contribution >= 0.6 is 11.3 Å². The average molecular weight is 270 g/mol. The molecule has 1 aliphatic heterocycles. The SMILES string of the molecule is CCOC(=O)Cc1csc(N2CCOC(C)C2)n1. The maximum absolute atomic E-state index is 11.4. The average Bonchev–Trinajstić information content (AvgIpc) is 2.78. The Balaban J connectivity index is 1.95. The fraction of sp³-hybridized carbons (Fsp3) is 0.667. The van der Waals surface area contributed by atoms with Crippen LogP contribution in [0.2, 0.25) is 0 Å². The molecular formula is C12H18N2O3S. The third-order valence-corrected chi connectivity index (χ3v) is 3.63. The van der Waals surface area contributed by atoms with Crippen LogP contribution in [0.5, 0.6) is 0 Å². The number of aromatic nitrogens is 1. The highest BCUT2D eigenvalue weighted by molar-refractivity contribution is 7.13. The summed E-state index contributed by atoms with van der Waals surface area (Å²) in [6, 6.07) is 0. The number of rotatable bonds is 4. The number of carbonyl (C=O) groups is 1. The molecule has 1 atom stereocenters. The predicted octanol–water partition coefficient (Wildman–Crippen LogP) is 1.47. The van der Waals surface area contributed by atoms with Crippen molar-refractivity contribution < 1.29 is 14.3 Å². The Morgan fingerprint density at radius 3 is 3.28 bits per heavy atom. The van der Waals surface area contributed by atoms with Crippen LogP contribution in [0, 0.1) is 0 Å². The lowest BCUT2D eigenvalue weighted by Crippen LogP contribution is -2.41. The lowest BCUT2D eigenvalue weighted by Gasteiger charge is -2.30. The number of thiazole rings is 1. The van der Waals surface area contributed by atoms with Crippen LogP contribution in [-0.4, -0.2) is 43.4 Å². The number of anilines is 1. The molecule has 2 heterocycles. The van der Waals surface area contributed by atoms with Crippen LogP contribution < -0.4 is 4.90 Å². The van der Waals surface area contributed by atoms with Crippen molar-refractivity contribution in [1.82, 2.24) is 4.98 Å². The minimum absolute atomic E-state index is 0.218. The predicted molar refractivity (Wildman–Crippen MR) is 70.1 cm³/mol. The molecule has 0 saturated carbocycles. The van der Waals surface area contributed by atoms with Crippen LogP contribution in [0.4, 0.5) is 5.13 Å². The Morgan fingerprint density at radius 2 is 2.56 bits per heavy atom. The van der Waals surface area contributed by atoms with Gasteiger partial charge >= 0.3 is 5.97 Å². The molecule has 2 rings (SSSR count). The maximum Gasteiger partial charge on any atom is 0.311 e. The van der Waals surface area contributed by atoms with Gasteiger partial charge in [0.05, 0.1) is 31.4 Å². The van der Waals surface area contributed by atoms with Crippen molar-refractivity contribution in [1.29, 1.82) is 0 Å². The molecule has 5 nitrogen and oxygen atoms in total. The summed E-state index contributed by atoms with van der Waals surface area (Å²) in [6.07, 6.45) is 0.487. The first-order valence-electron chi connectivity index (χ1n) is 6.15. The Hall–Kier alpha value is -1.14. The van der Waals surface area contributed by atoms with E-state index in [1.165, 1.54) is 0 Å². The lowest BCUT2D eigenvalue weighted by molar-refractivity contribution is -0.142. The van der Waals surface area contributed by atoms with Crippen molar-refractivity contribution in [2.75, 3.05) is 31.2 Å². The summed E-state index contributed by atoms with van der Waals surface area (Å²) in [5.74, 6) is -0.218. The highest BCUT2D eigenvalue weighted by atomic mass is 32.1. The monoisotopic (exact) mass is 270 g/mol. The van der Waals surface area contributed by atoms with Gasteiger partial charge in [-0.2, -0.15) is 0 Å². The van der Waals surface area contributed by atoms with Crippen molar-refractivity contribution in [2.45, 2.75) is 26.4 Å². The van der Waals surface area contributed by atoms with E-state index in [0.29, 0.717) is 6.61 Å². The van der Waals surface area contributed by atoms with Crippen LogP contribution in [0.15, 0.2) is 5.38 Å². The van der Waals surface area contributed by atoms with Gasteiger partial charge in [0.15, 0.2) is 5.13 Å². The van der Waals surface area contributed by atoms with Crippen molar-refractivity contribution in [2.24, 2.45) is 0 Å². The van der Waals surface area contributed by atoms with Gasteiger partial charge in [0.25, 0.3) is 0 Å². The molecule has 0 aromatic carbocycles.